The number of halogens is 1. The molecule has 150 valence electrons. The summed E-state index contributed by atoms with van der Waals surface area (Å²) in [7, 11) is 3.56. The molecule has 0 fully saturated rings. The number of carbonyl (C=O) groups is 2. The monoisotopic (exact) mass is 385 g/mol. The summed E-state index contributed by atoms with van der Waals surface area (Å²) in [5.41, 5.74) is 2.36. The second-order valence-corrected chi connectivity index (χ2v) is 4.13. The molecular weight excluding hydrogens is 349 g/mol. The Morgan fingerprint density at radius 1 is 1.31 bits per heavy atom. The Labute approximate surface area is 178 Å². The molecule has 26 heavy (non-hydrogen) atoms. The van der Waals surface area contributed by atoms with E-state index < -0.39 is 0 Å². The van der Waals surface area contributed by atoms with Crippen molar-refractivity contribution in [3.8, 4) is 6.07 Å². The number of hydrogen-bond acceptors (Lipinski definition) is 4. The van der Waals surface area contributed by atoms with Crippen molar-refractivity contribution in [2.75, 3.05) is 19.5 Å². The van der Waals surface area contributed by atoms with E-state index in [4.69, 9.17) is 21.7 Å². The van der Waals surface area contributed by atoms with E-state index in [9.17, 15) is 4.79 Å². The Hall–Kier alpha value is -1.47. The van der Waals surface area contributed by atoms with Crippen molar-refractivity contribution in [1.82, 2.24) is 20.2 Å². The second-order valence-electron chi connectivity index (χ2n) is 3.60. The molecule has 2 N–H and O–H groups in total. The van der Waals surface area contributed by atoms with Gasteiger partial charge >= 0.3 is 18.9 Å². The third-order valence-electron chi connectivity index (χ3n) is 1.88. The Kier molecular flexibility index (Phi) is 74.3. The van der Waals surface area contributed by atoms with Crippen molar-refractivity contribution in [2.24, 2.45) is 7.05 Å². The molecule has 1 rings (SSSR count). The van der Waals surface area contributed by atoms with Crippen LogP contribution in [0.5, 0.6) is 0 Å². The summed E-state index contributed by atoms with van der Waals surface area (Å²) in [5, 5.41) is 12.0. The quantitative estimate of drug-likeness (QED) is 0.331. The van der Waals surface area contributed by atoms with Gasteiger partial charge in [0, 0.05) is 39.1 Å². The van der Waals surface area contributed by atoms with Gasteiger partial charge < -0.3 is 22.6 Å². The van der Waals surface area contributed by atoms with Crippen molar-refractivity contribution in [1.29, 1.82) is 5.26 Å². The van der Waals surface area contributed by atoms with Crippen LogP contribution in [0.1, 0.15) is 39.6 Å². The molecule has 0 bridgehead atoms. The van der Waals surface area contributed by atoms with Crippen LogP contribution >= 0.6 is 11.6 Å². The number of alkyl halides is 1. The molecule has 7 nitrogen and oxygen atoms in total. The molecule has 9 heteroatoms. The number of aryl methyl sites for hydroxylation is 2. The maximum atomic E-state index is 9.29. The number of carbonyl (C=O) groups excluding carboxylic acids is 2. The number of imidazole rings is 1. The van der Waals surface area contributed by atoms with Gasteiger partial charge in [-0.3, -0.25) is 9.59 Å². The van der Waals surface area contributed by atoms with Crippen LogP contribution in [-0.4, -0.2) is 41.8 Å². The maximum absolute atomic E-state index is 9.29. The van der Waals surface area contributed by atoms with Gasteiger partial charge in [0.05, 0.1) is 18.1 Å². The van der Waals surface area contributed by atoms with Crippen LogP contribution in [0.4, 0.5) is 0 Å². The zero-order chi connectivity index (χ0) is 19.1. The number of hydrogen-bond donors (Lipinski definition) is 2. The second kappa shape index (κ2) is 43.7. The molecule has 0 aromatic carbocycles. The van der Waals surface area contributed by atoms with Gasteiger partial charge in [0.1, 0.15) is 0 Å². The van der Waals surface area contributed by atoms with Crippen molar-refractivity contribution < 1.29 is 28.4 Å². The van der Waals surface area contributed by atoms with E-state index in [1.807, 2.05) is 38.7 Å². The minimum absolute atomic E-state index is 0. The predicted octanol–water partition coefficient (Wildman–Crippen LogP) is 0.0168. The van der Waals surface area contributed by atoms with Crippen molar-refractivity contribution in [2.45, 2.75) is 42.0 Å². The molecule has 0 unspecified atom stereocenters. The number of aromatic nitrogens is 2. The van der Waals surface area contributed by atoms with Gasteiger partial charge in [0.25, 0.3) is 0 Å². The first-order valence-electron chi connectivity index (χ1n) is 6.97. The first kappa shape index (κ1) is 44.2. The van der Waals surface area contributed by atoms with E-state index in [2.05, 4.69) is 22.5 Å². The van der Waals surface area contributed by atoms with Crippen molar-refractivity contribution in [3.05, 3.63) is 25.1 Å². The van der Waals surface area contributed by atoms with Crippen LogP contribution in [0.2, 0.25) is 0 Å². The standard InChI is InChI=1S/C6H10N2.C3H7NO.C2H5Cl.C2H5NO.C2H3N.CH4.CH3.Li/c1-5-6(2)8(3)4-7-5;1-2-4-3-5;1-2-3;1-3-2-4;1-2-3;;;/h4H,1-3H3;3H,2H2,1H3,(H,4,5);2H2,1H3;2H,1H3,(H,3,4);1H3;1H4;1H3;/q;;;;;;-1;+1. The van der Waals surface area contributed by atoms with Crippen LogP contribution in [0.3, 0.4) is 0 Å². The van der Waals surface area contributed by atoms with Gasteiger partial charge in [-0.1, -0.05) is 14.4 Å². The average Bonchev–Trinajstić information content (AvgIpc) is 2.82. The van der Waals surface area contributed by atoms with Gasteiger partial charge in [0.15, 0.2) is 0 Å². The van der Waals surface area contributed by atoms with Crippen LogP contribution in [0.15, 0.2) is 6.33 Å². The molecule has 0 radical (unpaired) electrons. The first-order chi connectivity index (χ1) is 10.9. The van der Waals surface area contributed by atoms with E-state index in [1.54, 1.807) is 13.1 Å². The summed E-state index contributed by atoms with van der Waals surface area (Å²) < 4.78 is 2.01. The largest absolute Gasteiger partial charge is 1.00 e. The fraction of sp³-hybridized carbons (Fsp3) is 0.588. The van der Waals surface area contributed by atoms with Gasteiger partial charge in [-0.15, -0.1) is 11.6 Å². The van der Waals surface area contributed by atoms with Gasteiger partial charge in [0.2, 0.25) is 12.8 Å². The minimum Gasteiger partial charge on any atom is -0.362 e. The smallest absolute Gasteiger partial charge is 0.362 e. The van der Waals surface area contributed by atoms with Crippen molar-refractivity contribution in [3.63, 3.8) is 0 Å². The SMILES string of the molecule is C.CC#N.CCCl.CCNC=O.CNC=O.Cc1ncn(C)c1C.[CH3-].[Li+]. The van der Waals surface area contributed by atoms with Gasteiger partial charge in [-0.2, -0.15) is 5.26 Å². The van der Waals surface area contributed by atoms with E-state index in [1.165, 1.54) is 12.6 Å². The molecule has 0 aliphatic rings. The number of nitrogens with one attached hydrogen (secondary N) is 2. The van der Waals surface area contributed by atoms with Crippen LogP contribution in [0, 0.1) is 32.6 Å². The number of rotatable bonds is 3. The predicted molar refractivity (Wildman–Crippen MR) is 108 cm³/mol. The Balaban J connectivity index is -0.0000000359. The Morgan fingerprint density at radius 3 is 1.69 bits per heavy atom. The molecular formula is C17H37ClLiN5O2. The molecule has 0 aliphatic carbocycles. The molecule has 0 aliphatic heterocycles. The van der Waals surface area contributed by atoms with E-state index in [0.717, 1.165) is 18.1 Å². The normalized spacial score (nSPS) is 6.12. The summed E-state index contributed by atoms with van der Waals surface area (Å²) in [5.74, 6) is 0.722. The zero-order valence-electron chi connectivity index (χ0n) is 17.2. The van der Waals surface area contributed by atoms with E-state index in [-0.39, 0.29) is 33.7 Å². The number of nitrogens with zero attached hydrogens (tertiary/aromatic N) is 3. The molecule has 0 saturated carbocycles. The molecule has 2 amide bonds. The van der Waals surface area contributed by atoms with Crippen LogP contribution in [0.25, 0.3) is 0 Å². The average molecular weight is 386 g/mol. The molecule has 1 aromatic heterocycles. The van der Waals surface area contributed by atoms with Crippen molar-refractivity contribution >= 4 is 24.4 Å². The summed E-state index contributed by atoms with van der Waals surface area (Å²) in [6.45, 7) is 9.98. The molecule has 0 saturated heterocycles. The third kappa shape index (κ3) is 49.5. The van der Waals surface area contributed by atoms with E-state index >= 15 is 0 Å². The fourth-order valence-corrected chi connectivity index (χ4v) is 0.692. The number of nitriles is 1. The Morgan fingerprint density at radius 2 is 1.65 bits per heavy atom. The molecule has 1 aromatic rings. The summed E-state index contributed by atoms with van der Waals surface area (Å²) in [6, 6.07) is 1.75. The van der Waals surface area contributed by atoms with Crippen LogP contribution in [-0.2, 0) is 16.6 Å². The van der Waals surface area contributed by atoms with Gasteiger partial charge in [-0.25, -0.2) is 4.98 Å². The molecule has 0 spiro atoms. The Bertz CT molecular complexity index is 391. The molecule has 1 heterocycles. The first-order valence-corrected chi connectivity index (χ1v) is 7.50. The summed E-state index contributed by atoms with van der Waals surface area (Å²) in [4.78, 5) is 22.4. The topological polar surface area (TPSA) is 99.8 Å². The number of amides is 2. The van der Waals surface area contributed by atoms with Crippen LogP contribution < -0.4 is 29.5 Å². The minimum atomic E-state index is 0. The summed E-state index contributed by atoms with van der Waals surface area (Å²) in [6.07, 6.45) is 3.13. The summed E-state index contributed by atoms with van der Waals surface area (Å²) >= 11 is 5.00. The fourth-order valence-electron chi connectivity index (χ4n) is 0.692. The van der Waals surface area contributed by atoms with Gasteiger partial charge in [-0.05, 0) is 20.8 Å². The molecule has 0 atom stereocenters. The van der Waals surface area contributed by atoms with E-state index in [0.29, 0.717) is 12.8 Å². The maximum Gasteiger partial charge on any atom is 1.00 e. The third-order valence-corrected chi connectivity index (χ3v) is 1.88. The zero-order valence-corrected chi connectivity index (χ0v) is 17.9.